The van der Waals surface area contributed by atoms with Crippen molar-refractivity contribution in [2.75, 3.05) is 0 Å². The van der Waals surface area contributed by atoms with Crippen LogP contribution in [-0.2, 0) is 13.0 Å². The summed E-state index contributed by atoms with van der Waals surface area (Å²) in [6, 6.07) is 23.8. The predicted molar refractivity (Wildman–Crippen MR) is 80.4 cm³/mol. The van der Waals surface area contributed by atoms with Crippen molar-refractivity contribution in [1.29, 1.82) is 0 Å². The summed E-state index contributed by atoms with van der Waals surface area (Å²) in [5, 5.41) is 0. The molecule has 1 aliphatic carbocycles. The van der Waals surface area contributed by atoms with E-state index in [1.807, 2.05) is 0 Å². The van der Waals surface area contributed by atoms with Crippen molar-refractivity contribution in [1.82, 2.24) is 0 Å². The Morgan fingerprint density at radius 2 is 1.50 bits per heavy atom. The number of hydrogen-bond donors (Lipinski definition) is 0. The van der Waals surface area contributed by atoms with Crippen LogP contribution in [0.3, 0.4) is 0 Å². The molecule has 0 aliphatic heterocycles. The Hall–Kier alpha value is -2.41. The number of aromatic nitrogens is 1. The van der Waals surface area contributed by atoms with Gasteiger partial charge in [0.05, 0.1) is 0 Å². The van der Waals surface area contributed by atoms with Crippen LogP contribution < -0.4 is 4.57 Å². The minimum Gasteiger partial charge on any atom is -0.194 e. The quantitative estimate of drug-likeness (QED) is 0.484. The van der Waals surface area contributed by atoms with Crippen molar-refractivity contribution in [3.05, 3.63) is 89.6 Å². The summed E-state index contributed by atoms with van der Waals surface area (Å²) in [7, 11) is 0. The first-order valence-corrected chi connectivity index (χ1v) is 7.05. The molecule has 20 heavy (non-hydrogen) atoms. The molecule has 0 atom stereocenters. The third kappa shape index (κ3) is 1.83. The molecule has 3 aromatic rings. The van der Waals surface area contributed by atoms with E-state index in [1.54, 1.807) is 0 Å². The first-order valence-electron chi connectivity index (χ1n) is 7.05. The van der Waals surface area contributed by atoms with Crippen molar-refractivity contribution in [2.45, 2.75) is 13.0 Å². The Morgan fingerprint density at radius 3 is 2.40 bits per heavy atom. The first kappa shape index (κ1) is 11.4. The van der Waals surface area contributed by atoms with Crippen LogP contribution >= 0.6 is 0 Å². The Balaban J connectivity index is 1.83. The van der Waals surface area contributed by atoms with Gasteiger partial charge in [0.1, 0.15) is 0 Å². The molecule has 1 aliphatic rings. The minimum atomic E-state index is 0.929. The maximum absolute atomic E-state index is 2.37. The van der Waals surface area contributed by atoms with Crippen LogP contribution in [-0.4, -0.2) is 0 Å². The van der Waals surface area contributed by atoms with Gasteiger partial charge in [-0.3, -0.25) is 0 Å². The molecule has 1 heteroatoms. The molecule has 0 N–H and O–H groups in total. The maximum Gasteiger partial charge on any atom is 0.216 e. The van der Waals surface area contributed by atoms with Gasteiger partial charge in [-0.25, -0.2) is 0 Å². The monoisotopic (exact) mass is 258 g/mol. The molecule has 0 spiro atoms. The molecule has 0 radical (unpaired) electrons. The molecule has 1 heterocycles. The average Bonchev–Trinajstić information content (AvgIpc) is 2.88. The highest BCUT2D eigenvalue weighted by Crippen LogP contribution is 2.33. The lowest BCUT2D eigenvalue weighted by Crippen LogP contribution is -2.36. The molecule has 0 amide bonds. The van der Waals surface area contributed by atoms with Crippen LogP contribution in [0.2, 0.25) is 0 Å². The number of nitrogens with zero attached hydrogens (tertiary/aromatic N) is 1. The van der Waals surface area contributed by atoms with Crippen LogP contribution in [0.5, 0.6) is 0 Å². The molecule has 0 unspecified atom stereocenters. The normalized spacial score (nSPS) is 12.0. The van der Waals surface area contributed by atoms with Crippen LogP contribution in [0.4, 0.5) is 0 Å². The van der Waals surface area contributed by atoms with Crippen molar-refractivity contribution in [3.8, 4) is 11.3 Å². The lowest BCUT2D eigenvalue weighted by molar-refractivity contribution is -0.677. The summed E-state index contributed by atoms with van der Waals surface area (Å²) in [4.78, 5) is 0. The highest BCUT2D eigenvalue weighted by atomic mass is 15.0. The third-order valence-corrected chi connectivity index (χ3v) is 4.00. The second-order valence-electron chi connectivity index (χ2n) is 5.33. The number of hydrogen-bond acceptors (Lipinski definition) is 0. The van der Waals surface area contributed by atoms with E-state index in [2.05, 4.69) is 77.5 Å². The third-order valence-electron chi connectivity index (χ3n) is 4.00. The van der Waals surface area contributed by atoms with E-state index in [0.717, 1.165) is 13.0 Å². The van der Waals surface area contributed by atoms with E-state index in [-0.39, 0.29) is 0 Å². The van der Waals surface area contributed by atoms with Crippen molar-refractivity contribution >= 4 is 0 Å². The van der Waals surface area contributed by atoms with Crippen LogP contribution in [0, 0.1) is 0 Å². The van der Waals surface area contributed by atoms with Crippen LogP contribution in [0.25, 0.3) is 11.3 Å². The van der Waals surface area contributed by atoms with Gasteiger partial charge in [-0.15, -0.1) is 0 Å². The molecular formula is C19H16N+. The van der Waals surface area contributed by atoms with E-state index in [9.17, 15) is 0 Å². The standard InChI is InChI=1S/C19H16N/c1-2-7-15(8-3-1)14-20-12-6-10-17-13-16-9-4-5-11-18(16)19(17)20/h1-12H,13-14H2/q+1. The molecule has 0 bridgehead atoms. The molecular weight excluding hydrogens is 242 g/mol. The second-order valence-corrected chi connectivity index (χ2v) is 5.33. The number of fused-ring (bicyclic) bond motifs is 3. The number of rotatable bonds is 2. The van der Waals surface area contributed by atoms with Gasteiger partial charge in [0.25, 0.3) is 0 Å². The minimum absolute atomic E-state index is 0.929. The fraction of sp³-hybridized carbons (Fsp3) is 0.105. The largest absolute Gasteiger partial charge is 0.216 e. The Bertz CT molecular complexity index is 760. The maximum atomic E-state index is 2.37. The van der Waals surface area contributed by atoms with Gasteiger partial charge in [0.15, 0.2) is 12.7 Å². The summed E-state index contributed by atoms with van der Waals surface area (Å²) in [5.74, 6) is 0. The number of pyridine rings is 1. The van der Waals surface area contributed by atoms with Crippen molar-refractivity contribution < 1.29 is 4.57 Å². The molecule has 4 rings (SSSR count). The second kappa shape index (κ2) is 4.61. The van der Waals surface area contributed by atoms with Gasteiger partial charge < -0.3 is 0 Å². The first-order chi connectivity index (χ1) is 9.92. The van der Waals surface area contributed by atoms with Gasteiger partial charge in [0.2, 0.25) is 5.69 Å². The molecule has 96 valence electrons. The lowest BCUT2D eigenvalue weighted by Gasteiger charge is -2.04. The molecule has 1 nitrogen and oxygen atoms in total. The zero-order valence-electron chi connectivity index (χ0n) is 11.3. The highest BCUT2D eigenvalue weighted by Gasteiger charge is 2.26. The van der Waals surface area contributed by atoms with E-state index in [0.29, 0.717) is 0 Å². The van der Waals surface area contributed by atoms with Gasteiger partial charge >= 0.3 is 0 Å². The Kier molecular flexibility index (Phi) is 2.63. The summed E-state index contributed by atoms with van der Waals surface area (Å²) in [6.45, 7) is 0.929. The van der Waals surface area contributed by atoms with E-state index < -0.39 is 0 Å². The van der Waals surface area contributed by atoms with Gasteiger partial charge in [-0.1, -0.05) is 48.5 Å². The smallest absolute Gasteiger partial charge is 0.194 e. The summed E-state index contributed by atoms with van der Waals surface area (Å²) < 4.78 is 2.37. The Morgan fingerprint density at radius 1 is 0.750 bits per heavy atom. The summed E-state index contributed by atoms with van der Waals surface area (Å²) in [6.07, 6.45) is 3.25. The van der Waals surface area contributed by atoms with Gasteiger partial charge in [-0.05, 0) is 17.7 Å². The molecule has 0 saturated heterocycles. The highest BCUT2D eigenvalue weighted by molar-refractivity contribution is 5.70. The topological polar surface area (TPSA) is 3.88 Å². The predicted octanol–water partition coefficient (Wildman–Crippen LogP) is 3.59. The van der Waals surface area contributed by atoms with Gasteiger partial charge in [0, 0.05) is 29.2 Å². The Labute approximate surface area is 119 Å². The molecule has 2 aromatic carbocycles. The van der Waals surface area contributed by atoms with E-state index >= 15 is 0 Å². The fourth-order valence-corrected chi connectivity index (χ4v) is 3.09. The van der Waals surface area contributed by atoms with Crippen molar-refractivity contribution in [3.63, 3.8) is 0 Å². The summed E-state index contributed by atoms with van der Waals surface area (Å²) in [5.41, 5.74) is 6.99. The molecule has 0 saturated carbocycles. The zero-order valence-corrected chi connectivity index (χ0v) is 11.3. The van der Waals surface area contributed by atoms with Crippen LogP contribution in [0.1, 0.15) is 16.7 Å². The average molecular weight is 258 g/mol. The van der Waals surface area contributed by atoms with Crippen LogP contribution in [0.15, 0.2) is 72.9 Å². The van der Waals surface area contributed by atoms with E-state index in [4.69, 9.17) is 0 Å². The van der Waals surface area contributed by atoms with Gasteiger partial charge in [-0.2, -0.15) is 4.57 Å². The summed E-state index contributed by atoms with van der Waals surface area (Å²) >= 11 is 0. The van der Waals surface area contributed by atoms with Crippen molar-refractivity contribution in [2.24, 2.45) is 0 Å². The lowest BCUT2D eigenvalue weighted by atomic mass is 10.1. The molecule has 1 aromatic heterocycles. The zero-order chi connectivity index (χ0) is 13.4. The number of benzene rings is 2. The molecule has 0 fully saturated rings. The fourth-order valence-electron chi connectivity index (χ4n) is 3.09. The SMILES string of the molecule is c1ccc(C[n+]2cccc3c2-c2ccccc2C3)cc1. The van der Waals surface area contributed by atoms with E-state index in [1.165, 1.54) is 27.9 Å².